The summed E-state index contributed by atoms with van der Waals surface area (Å²) in [6, 6.07) is 7.10. The molecule has 1 aliphatic carbocycles. The second-order valence-electron chi connectivity index (χ2n) is 12.3. The first-order chi connectivity index (χ1) is 23.7. The van der Waals surface area contributed by atoms with Crippen molar-refractivity contribution in [3.63, 3.8) is 0 Å². The first kappa shape index (κ1) is 35.8. The molecule has 2 aromatic carbocycles. The van der Waals surface area contributed by atoms with Gasteiger partial charge in [0.15, 0.2) is 0 Å². The van der Waals surface area contributed by atoms with Gasteiger partial charge in [0.1, 0.15) is 22.8 Å². The monoisotopic (exact) mass is 679 g/mol. The second-order valence-corrected chi connectivity index (χ2v) is 12.3. The molecule has 0 N–H and O–H groups in total. The lowest BCUT2D eigenvalue weighted by atomic mass is 9.90. The Balaban J connectivity index is 0.000000191. The summed E-state index contributed by atoms with van der Waals surface area (Å²) in [5.41, 5.74) is 7.48. The molecule has 49 heavy (non-hydrogen) atoms. The molecule has 0 unspecified atom stereocenters. The van der Waals surface area contributed by atoms with Crippen LogP contribution in [0.1, 0.15) is 78.3 Å². The molecule has 6 rings (SSSR count). The van der Waals surface area contributed by atoms with E-state index in [4.69, 9.17) is 18.9 Å². The largest absolute Gasteiger partial charge is 0.465 e. The van der Waals surface area contributed by atoms with Crippen LogP contribution in [0.2, 0.25) is 0 Å². The molecule has 0 spiro atoms. The minimum Gasteiger partial charge on any atom is -0.465 e. The molecule has 1 aliphatic heterocycles. The number of hydrogen-bond donors (Lipinski definition) is 0. The van der Waals surface area contributed by atoms with E-state index >= 15 is 0 Å². The summed E-state index contributed by atoms with van der Waals surface area (Å²) in [6.45, 7) is 2.63. The molecule has 0 radical (unpaired) electrons. The number of rotatable bonds is 10. The number of ether oxygens (including phenoxy) is 4. The van der Waals surface area contributed by atoms with Crippen LogP contribution in [0, 0.1) is 11.6 Å². The number of aryl methyl sites for hydroxylation is 2. The maximum atomic E-state index is 14.5. The predicted molar refractivity (Wildman–Crippen MR) is 176 cm³/mol. The third kappa shape index (κ3) is 8.23. The zero-order valence-electron chi connectivity index (χ0n) is 28.7. The molecule has 0 bridgehead atoms. The van der Waals surface area contributed by atoms with E-state index in [9.17, 15) is 18.4 Å². The molecule has 4 aromatic rings. The first-order valence-electron chi connectivity index (χ1n) is 16.2. The number of methoxy groups -OCH3 is 4. The summed E-state index contributed by atoms with van der Waals surface area (Å²) >= 11 is 0. The lowest BCUT2D eigenvalue weighted by molar-refractivity contribution is 0.0586. The van der Waals surface area contributed by atoms with Gasteiger partial charge in [0.25, 0.3) is 0 Å². The van der Waals surface area contributed by atoms with Crippen LogP contribution in [0.15, 0.2) is 36.7 Å². The Labute approximate surface area is 284 Å². The molecule has 13 heteroatoms. The molecule has 0 amide bonds. The number of esters is 2. The summed E-state index contributed by atoms with van der Waals surface area (Å²) in [4.78, 5) is 25.9. The smallest absolute Gasteiger partial charge is 0.341 e. The van der Waals surface area contributed by atoms with Gasteiger partial charge in [0, 0.05) is 38.4 Å². The van der Waals surface area contributed by atoms with Crippen LogP contribution in [-0.2, 0) is 71.1 Å². The molecule has 262 valence electrons. The van der Waals surface area contributed by atoms with Crippen molar-refractivity contribution in [2.75, 3.05) is 42.0 Å². The van der Waals surface area contributed by atoms with Gasteiger partial charge in [0.2, 0.25) is 0 Å². The Morgan fingerprint density at radius 2 is 1.14 bits per heavy atom. The third-order valence-electron chi connectivity index (χ3n) is 8.99. The van der Waals surface area contributed by atoms with Crippen LogP contribution >= 0.6 is 0 Å². The number of carbonyl (C=O) groups excluding carboxylic acids is 2. The van der Waals surface area contributed by atoms with Crippen LogP contribution in [0.3, 0.4) is 0 Å². The van der Waals surface area contributed by atoms with E-state index in [2.05, 4.69) is 22.1 Å². The fourth-order valence-corrected chi connectivity index (χ4v) is 6.38. The second kappa shape index (κ2) is 16.3. The highest BCUT2D eigenvalue weighted by Gasteiger charge is 2.22. The average Bonchev–Trinajstić information content (AvgIpc) is 3.69. The van der Waals surface area contributed by atoms with Gasteiger partial charge in [-0.25, -0.2) is 18.4 Å². The molecule has 0 saturated heterocycles. The van der Waals surface area contributed by atoms with E-state index in [0.29, 0.717) is 33.6 Å². The van der Waals surface area contributed by atoms with E-state index in [1.54, 1.807) is 21.5 Å². The van der Waals surface area contributed by atoms with Gasteiger partial charge in [-0.15, -0.1) is 0 Å². The Morgan fingerprint density at radius 1 is 0.694 bits per heavy atom. The summed E-state index contributed by atoms with van der Waals surface area (Å²) in [5.74, 6) is -1.43. The van der Waals surface area contributed by atoms with E-state index in [1.165, 1.54) is 46.4 Å². The standard InChI is InChI=1S/C18H22FN3O3.C18H21FN2O3/c1-21-5-4-12-7-16(19)14(6-13(12)9-21)10-22-17(11-24-2)15(8-20-22)18(23)25-3;1-23-11-17-15(18(22)24-2)9-20-21(17)10-14-7-12-5-3-4-6-13(12)8-16(14)19/h6-8H,4-5,9-11H2,1-3H3;7-9H,3-6,10-11H2,1-2H3. The molecule has 2 aliphatic rings. The number of aromatic nitrogens is 4. The van der Waals surface area contributed by atoms with Gasteiger partial charge in [0.05, 0.1) is 64.3 Å². The fourth-order valence-electron chi connectivity index (χ4n) is 6.38. The van der Waals surface area contributed by atoms with Crippen molar-refractivity contribution >= 4 is 11.9 Å². The van der Waals surface area contributed by atoms with Crippen molar-refractivity contribution in [3.8, 4) is 0 Å². The molecule has 0 atom stereocenters. The van der Waals surface area contributed by atoms with Crippen molar-refractivity contribution < 1.29 is 37.3 Å². The number of hydrogen-bond acceptors (Lipinski definition) is 9. The Kier molecular flexibility index (Phi) is 11.9. The zero-order chi connectivity index (χ0) is 35.1. The molecule has 3 heterocycles. The van der Waals surface area contributed by atoms with Crippen molar-refractivity contribution in [2.45, 2.75) is 65.0 Å². The van der Waals surface area contributed by atoms with Crippen molar-refractivity contribution in [2.24, 2.45) is 0 Å². The SMILES string of the molecule is COCc1c(C(=O)OC)cnn1Cc1cc2c(cc1F)CCCC2.COCc1c(C(=O)OC)cnn1Cc1cc2c(cc1F)CCN(C)C2. The van der Waals surface area contributed by atoms with E-state index < -0.39 is 11.9 Å². The number of carbonyl (C=O) groups is 2. The molecule has 0 saturated carbocycles. The maximum Gasteiger partial charge on any atom is 0.341 e. The number of nitrogens with zero attached hydrogens (tertiary/aromatic N) is 5. The van der Waals surface area contributed by atoms with E-state index in [1.807, 2.05) is 12.1 Å². The van der Waals surface area contributed by atoms with E-state index in [-0.39, 0.29) is 37.9 Å². The van der Waals surface area contributed by atoms with Crippen LogP contribution in [0.4, 0.5) is 8.78 Å². The third-order valence-corrected chi connectivity index (χ3v) is 8.99. The Morgan fingerprint density at radius 3 is 1.61 bits per heavy atom. The van der Waals surface area contributed by atoms with Gasteiger partial charge in [-0.05, 0) is 79.6 Å². The minimum absolute atomic E-state index is 0.194. The molecule has 0 fully saturated rings. The van der Waals surface area contributed by atoms with Crippen LogP contribution < -0.4 is 0 Å². The summed E-state index contributed by atoms with van der Waals surface area (Å²) in [6.07, 6.45) is 7.91. The minimum atomic E-state index is -0.481. The summed E-state index contributed by atoms with van der Waals surface area (Å²) in [7, 11) is 7.76. The fraction of sp³-hybridized carbons (Fsp3) is 0.444. The van der Waals surface area contributed by atoms with Gasteiger partial charge >= 0.3 is 11.9 Å². The highest BCUT2D eigenvalue weighted by molar-refractivity contribution is 5.90. The molecule has 11 nitrogen and oxygen atoms in total. The van der Waals surface area contributed by atoms with Crippen molar-refractivity contribution in [3.05, 3.63) is 104 Å². The van der Waals surface area contributed by atoms with Crippen LogP contribution in [0.5, 0.6) is 0 Å². The number of benzene rings is 2. The van der Waals surface area contributed by atoms with Gasteiger partial charge in [-0.2, -0.15) is 10.2 Å². The Bertz CT molecular complexity index is 1800. The summed E-state index contributed by atoms with van der Waals surface area (Å²) in [5, 5.41) is 8.45. The highest BCUT2D eigenvalue weighted by Crippen LogP contribution is 2.26. The van der Waals surface area contributed by atoms with Crippen molar-refractivity contribution in [1.82, 2.24) is 24.5 Å². The maximum absolute atomic E-state index is 14.5. The van der Waals surface area contributed by atoms with Gasteiger partial charge < -0.3 is 23.8 Å². The Hall–Kier alpha value is -4.46. The number of halogens is 2. The first-order valence-corrected chi connectivity index (χ1v) is 16.2. The average molecular weight is 680 g/mol. The lowest BCUT2D eigenvalue weighted by Crippen LogP contribution is -2.27. The molecular weight excluding hydrogens is 636 g/mol. The van der Waals surface area contributed by atoms with E-state index in [0.717, 1.165) is 61.9 Å². The van der Waals surface area contributed by atoms with Gasteiger partial charge in [-0.1, -0.05) is 6.07 Å². The lowest BCUT2D eigenvalue weighted by Gasteiger charge is -2.25. The normalized spacial score (nSPS) is 14.0. The summed E-state index contributed by atoms with van der Waals surface area (Å²) < 4.78 is 52.0. The van der Waals surface area contributed by atoms with Gasteiger partial charge in [-0.3, -0.25) is 9.36 Å². The quantitative estimate of drug-likeness (QED) is 0.217. The van der Waals surface area contributed by atoms with Crippen molar-refractivity contribution in [1.29, 1.82) is 0 Å². The van der Waals surface area contributed by atoms with Crippen LogP contribution in [-0.4, -0.2) is 78.4 Å². The zero-order valence-corrected chi connectivity index (χ0v) is 28.7. The predicted octanol–water partition coefficient (Wildman–Crippen LogP) is 4.87. The van der Waals surface area contributed by atoms with Crippen LogP contribution in [0.25, 0.3) is 0 Å². The highest BCUT2D eigenvalue weighted by atomic mass is 19.1. The molecule has 2 aromatic heterocycles. The number of fused-ring (bicyclic) bond motifs is 2. The molecular formula is C36H43F2N5O6. The number of likely N-dealkylation sites (N-methyl/N-ethyl adjacent to an activating group) is 1. The topological polar surface area (TPSA) is 110 Å².